The lowest BCUT2D eigenvalue weighted by atomic mass is 9.74. The van der Waals surface area contributed by atoms with Gasteiger partial charge >= 0.3 is 6.09 Å². The van der Waals surface area contributed by atoms with Crippen molar-refractivity contribution in [3.8, 4) is 0 Å². The number of carbonyl (C=O) groups is 1. The third-order valence-electron chi connectivity index (χ3n) is 5.36. The van der Waals surface area contributed by atoms with Gasteiger partial charge in [-0.15, -0.1) is 0 Å². The number of hydrogen-bond donors (Lipinski definition) is 1. The largest absolute Gasteiger partial charge is 0.445 e. The van der Waals surface area contributed by atoms with E-state index in [1.165, 1.54) is 0 Å². The van der Waals surface area contributed by atoms with E-state index in [0.29, 0.717) is 4.90 Å². The highest BCUT2D eigenvalue weighted by molar-refractivity contribution is 7.93. The predicted octanol–water partition coefficient (Wildman–Crippen LogP) is 4.45. The van der Waals surface area contributed by atoms with Gasteiger partial charge in [-0.1, -0.05) is 62.4 Å². The fourth-order valence-electron chi connectivity index (χ4n) is 4.05. The van der Waals surface area contributed by atoms with Gasteiger partial charge in [-0.05, 0) is 30.5 Å². The van der Waals surface area contributed by atoms with Crippen molar-refractivity contribution < 1.29 is 13.7 Å². The van der Waals surface area contributed by atoms with Crippen molar-refractivity contribution in [2.75, 3.05) is 12.8 Å². The molecule has 0 bridgehead atoms. The molecule has 0 spiro atoms. The first kappa shape index (κ1) is 20.4. The number of nitrogens with zero attached hydrogens (tertiary/aromatic N) is 1. The van der Waals surface area contributed by atoms with Crippen LogP contribution in [0.15, 0.2) is 69.9 Å². The van der Waals surface area contributed by atoms with Crippen LogP contribution in [0.5, 0.6) is 0 Å². The van der Waals surface area contributed by atoms with Crippen LogP contribution in [-0.2, 0) is 14.5 Å². The summed E-state index contributed by atoms with van der Waals surface area (Å²) in [6, 6.07) is 19.2. The number of alkyl carbamates (subject to hydrolysis) is 1. The Morgan fingerprint density at radius 3 is 2.21 bits per heavy atom. The molecule has 0 aliphatic carbocycles. The highest BCUT2D eigenvalue weighted by Crippen LogP contribution is 2.41. The smallest absolute Gasteiger partial charge is 0.407 e. The van der Waals surface area contributed by atoms with Gasteiger partial charge in [-0.25, -0.2) is 13.4 Å². The summed E-state index contributed by atoms with van der Waals surface area (Å²) >= 11 is 0. The maximum absolute atomic E-state index is 13.8. The zero-order valence-corrected chi connectivity index (χ0v) is 17.6. The Hall–Kier alpha value is -2.34. The number of cyclic esters (lactones) is 1. The van der Waals surface area contributed by atoms with Crippen molar-refractivity contribution >= 4 is 15.8 Å². The zero-order chi connectivity index (χ0) is 20.4. The average molecular weight is 401 g/mol. The van der Waals surface area contributed by atoms with Crippen LogP contribution in [0, 0.1) is 5.92 Å². The Labute approximate surface area is 167 Å². The molecule has 1 saturated heterocycles. The molecule has 6 heteroatoms. The minimum Gasteiger partial charge on any atom is -0.445 e. The molecule has 3 rings (SSSR count). The molecular weight excluding hydrogens is 372 g/mol. The van der Waals surface area contributed by atoms with E-state index in [0.717, 1.165) is 5.56 Å². The third kappa shape index (κ3) is 3.92. The van der Waals surface area contributed by atoms with E-state index < -0.39 is 21.4 Å². The van der Waals surface area contributed by atoms with Gasteiger partial charge < -0.3 is 10.1 Å². The molecule has 150 valence electrons. The minimum atomic E-state index is -2.72. The molecule has 0 radical (unpaired) electrons. The lowest BCUT2D eigenvalue weighted by Crippen LogP contribution is -2.63. The second-order valence-electron chi connectivity index (χ2n) is 7.83. The SMILES string of the molecule is CN=S(=O)(C[C@]1(C)NC(=O)O[C@@H](C(C)C)[C@@H]1c1ccccc1)c1ccccc1. The van der Waals surface area contributed by atoms with Crippen LogP contribution in [0.4, 0.5) is 4.79 Å². The topological polar surface area (TPSA) is 67.8 Å². The van der Waals surface area contributed by atoms with Crippen molar-refractivity contribution in [1.29, 1.82) is 0 Å². The lowest BCUT2D eigenvalue weighted by Gasteiger charge is -2.47. The molecule has 1 fully saturated rings. The van der Waals surface area contributed by atoms with Crippen molar-refractivity contribution in [3.63, 3.8) is 0 Å². The summed E-state index contributed by atoms with van der Waals surface area (Å²) in [5.74, 6) is 0.165. The van der Waals surface area contributed by atoms with Crippen LogP contribution in [0.25, 0.3) is 0 Å². The third-order valence-corrected chi connectivity index (χ3v) is 7.95. The van der Waals surface area contributed by atoms with Gasteiger partial charge in [-0.2, -0.15) is 0 Å². The predicted molar refractivity (Wildman–Crippen MR) is 112 cm³/mol. The number of rotatable bonds is 5. The fraction of sp³-hybridized carbons (Fsp3) is 0.409. The van der Waals surface area contributed by atoms with Crippen molar-refractivity contribution in [2.24, 2.45) is 10.3 Å². The first-order valence-electron chi connectivity index (χ1n) is 9.51. The van der Waals surface area contributed by atoms with E-state index in [2.05, 4.69) is 9.68 Å². The van der Waals surface area contributed by atoms with Crippen LogP contribution in [-0.4, -0.2) is 34.7 Å². The number of benzene rings is 2. The molecule has 1 aliphatic heterocycles. The normalized spacial score (nSPS) is 26.8. The summed E-state index contributed by atoms with van der Waals surface area (Å²) in [7, 11) is -1.14. The van der Waals surface area contributed by atoms with Gasteiger partial charge in [-0.3, -0.25) is 0 Å². The van der Waals surface area contributed by atoms with Gasteiger partial charge in [0.2, 0.25) is 0 Å². The average Bonchev–Trinajstić information content (AvgIpc) is 2.68. The van der Waals surface area contributed by atoms with Gasteiger partial charge in [0.05, 0.1) is 21.0 Å². The number of hydrogen-bond acceptors (Lipinski definition) is 4. The molecule has 0 saturated carbocycles. The van der Waals surface area contributed by atoms with Crippen LogP contribution in [0.3, 0.4) is 0 Å². The molecule has 1 heterocycles. The highest BCUT2D eigenvalue weighted by Gasteiger charge is 2.50. The Bertz CT molecular complexity index is 937. The van der Waals surface area contributed by atoms with E-state index in [-0.39, 0.29) is 23.7 Å². The van der Waals surface area contributed by atoms with E-state index in [1.54, 1.807) is 7.05 Å². The molecule has 1 unspecified atom stereocenters. The number of nitrogens with one attached hydrogen (secondary N) is 1. The molecule has 4 atom stereocenters. The molecule has 1 N–H and O–H groups in total. The van der Waals surface area contributed by atoms with Gasteiger partial charge in [0.15, 0.2) is 0 Å². The quantitative estimate of drug-likeness (QED) is 0.806. The molecule has 1 aliphatic rings. The van der Waals surface area contributed by atoms with Crippen molar-refractivity contribution in [1.82, 2.24) is 5.32 Å². The molecular formula is C22H28N2O3S. The second-order valence-corrected chi connectivity index (χ2v) is 10.2. The maximum Gasteiger partial charge on any atom is 0.407 e. The molecule has 5 nitrogen and oxygen atoms in total. The first-order chi connectivity index (χ1) is 13.3. The summed E-state index contributed by atoms with van der Waals surface area (Å²) in [5, 5.41) is 2.99. The number of ether oxygens (including phenoxy) is 1. The molecule has 0 aromatic heterocycles. The standard InChI is InChI=1S/C22H28N2O3S/c1-16(2)20-19(17-11-7-5-8-12-17)22(3,24-21(25)27-20)15-28(26,23-4)18-13-9-6-10-14-18/h5-14,16,19-20H,15H2,1-4H3,(H,24,25)/t19-,20-,22-,28?/m0/s1. The minimum absolute atomic E-state index is 0.113. The number of amides is 1. The molecule has 28 heavy (non-hydrogen) atoms. The van der Waals surface area contributed by atoms with Crippen molar-refractivity contribution in [3.05, 3.63) is 66.2 Å². The zero-order valence-electron chi connectivity index (χ0n) is 16.8. The molecule has 2 aromatic rings. The summed E-state index contributed by atoms with van der Waals surface area (Å²) in [4.78, 5) is 13.1. The monoisotopic (exact) mass is 400 g/mol. The summed E-state index contributed by atoms with van der Waals surface area (Å²) in [5.41, 5.74) is 0.271. The second kappa shape index (κ2) is 7.95. The summed E-state index contributed by atoms with van der Waals surface area (Å²) in [6.07, 6.45) is -0.795. The van der Waals surface area contributed by atoms with Crippen LogP contribution >= 0.6 is 0 Å². The van der Waals surface area contributed by atoms with E-state index in [1.807, 2.05) is 81.4 Å². The highest BCUT2D eigenvalue weighted by atomic mass is 32.2. The van der Waals surface area contributed by atoms with Crippen molar-refractivity contribution in [2.45, 2.75) is 43.2 Å². The Balaban J connectivity index is 2.11. The van der Waals surface area contributed by atoms with Gasteiger partial charge in [0, 0.05) is 17.9 Å². The number of carbonyl (C=O) groups excluding carboxylic acids is 1. The van der Waals surface area contributed by atoms with E-state index in [4.69, 9.17) is 4.74 Å². The van der Waals surface area contributed by atoms with Crippen LogP contribution in [0.1, 0.15) is 32.3 Å². The maximum atomic E-state index is 13.8. The van der Waals surface area contributed by atoms with Crippen LogP contribution < -0.4 is 5.32 Å². The lowest BCUT2D eigenvalue weighted by molar-refractivity contribution is -0.00144. The van der Waals surface area contributed by atoms with E-state index >= 15 is 0 Å². The Morgan fingerprint density at radius 2 is 1.68 bits per heavy atom. The first-order valence-corrected chi connectivity index (χ1v) is 11.2. The molecule has 2 aromatic carbocycles. The fourth-order valence-corrected chi connectivity index (χ4v) is 6.21. The van der Waals surface area contributed by atoms with Crippen LogP contribution in [0.2, 0.25) is 0 Å². The van der Waals surface area contributed by atoms with Gasteiger partial charge in [0.25, 0.3) is 0 Å². The Kier molecular flexibility index (Phi) is 5.79. The van der Waals surface area contributed by atoms with E-state index in [9.17, 15) is 9.00 Å². The van der Waals surface area contributed by atoms with Gasteiger partial charge in [0.1, 0.15) is 6.10 Å². The molecule has 1 amide bonds. The summed E-state index contributed by atoms with van der Waals surface area (Å²) in [6.45, 7) is 6.03. The Morgan fingerprint density at radius 1 is 1.11 bits per heavy atom. The summed E-state index contributed by atoms with van der Waals surface area (Å²) < 4.78 is 23.8.